The van der Waals surface area contributed by atoms with Crippen LogP contribution in [0.2, 0.25) is 0 Å². The summed E-state index contributed by atoms with van der Waals surface area (Å²) in [5, 5.41) is 6.18. The molecule has 0 heterocycles. The third-order valence-electron chi connectivity index (χ3n) is 2.46. The van der Waals surface area contributed by atoms with E-state index in [1.165, 1.54) is 0 Å². The standard InChI is InChI=1S/C14H21BrN2O/c1-10-5-6-11(9-12(10)15)17-13(18)7-8-16-14(2,3)4/h5-6,9,16H,7-8H2,1-4H3,(H,17,18). The highest BCUT2D eigenvalue weighted by Gasteiger charge is 2.09. The van der Waals surface area contributed by atoms with Crippen LogP contribution in [-0.4, -0.2) is 18.0 Å². The molecule has 0 aliphatic heterocycles. The third-order valence-corrected chi connectivity index (χ3v) is 3.32. The van der Waals surface area contributed by atoms with Crippen LogP contribution in [0.3, 0.4) is 0 Å². The van der Waals surface area contributed by atoms with Crippen molar-refractivity contribution in [3.05, 3.63) is 28.2 Å². The molecule has 3 nitrogen and oxygen atoms in total. The van der Waals surface area contributed by atoms with Gasteiger partial charge in [-0.3, -0.25) is 4.79 Å². The van der Waals surface area contributed by atoms with Crippen molar-refractivity contribution in [1.82, 2.24) is 5.32 Å². The minimum Gasteiger partial charge on any atom is -0.326 e. The molecule has 1 aromatic carbocycles. The smallest absolute Gasteiger partial charge is 0.225 e. The Bertz CT molecular complexity index is 424. The van der Waals surface area contributed by atoms with Gasteiger partial charge in [-0.15, -0.1) is 0 Å². The van der Waals surface area contributed by atoms with Crippen LogP contribution >= 0.6 is 15.9 Å². The van der Waals surface area contributed by atoms with Crippen LogP contribution in [0.1, 0.15) is 32.8 Å². The van der Waals surface area contributed by atoms with Gasteiger partial charge < -0.3 is 10.6 Å². The molecule has 0 unspecified atom stereocenters. The molecule has 100 valence electrons. The molecule has 0 atom stereocenters. The normalized spacial score (nSPS) is 11.4. The Kier molecular flexibility index (Phi) is 5.35. The summed E-state index contributed by atoms with van der Waals surface area (Å²) in [4.78, 5) is 11.7. The number of carbonyl (C=O) groups is 1. The predicted octanol–water partition coefficient (Wildman–Crippen LogP) is 3.47. The molecule has 2 N–H and O–H groups in total. The minimum atomic E-state index is 0.0301. The molecular weight excluding hydrogens is 292 g/mol. The summed E-state index contributed by atoms with van der Waals surface area (Å²) in [6, 6.07) is 5.81. The maximum Gasteiger partial charge on any atom is 0.225 e. The van der Waals surface area contributed by atoms with E-state index in [9.17, 15) is 4.79 Å². The van der Waals surface area contributed by atoms with Gasteiger partial charge in [-0.25, -0.2) is 0 Å². The Labute approximate surface area is 117 Å². The van der Waals surface area contributed by atoms with Gasteiger partial charge in [0.15, 0.2) is 0 Å². The van der Waals surface area contributed by atoms with Crippen LogP contribution < -0.4 is 10.6 Å². The lowest BCUT2D eigenvalue weighted by atomic mass is 10.1. The molecule has 0 fully saturated rings. The number of anilines is 1. The molecule has 4 heteroatoms. The first-order valence-corrected chi connectivity index (χ1v) is 6.88. The SMILES string of the molecule is Cc1ccc(NC(=O)CCNC(C)(C)C)cc1Br. The highest BCUT2D eigenvalue weighted by atomic mass is 79.9. The molecule has 1 rings (SSSR count). The molecule has 1 amide bonds. The first-order chi connectivity index (χ1) is 8.28. The fourth-order valence-electron chi connectivity index (χ4n) is 1.45. The van der Waals surface area contributed by atoms with Gasteiger partial charge >= 0.3 is 0 Å². The lowest BCUT2D eigenvalue weighted by Gasteiger charge is -2.20. The number of halogens is 1. The van der Waals surface area contributed by atoms with Crippen molar-refractivity contribution in [3.63, 3.8) is 0 Å². The van der Waals surface area contributed by atoms with E-state index in [-0.39, 0.29) is 11.4 Å². The van der Waals surface area contributed by atoms with Gasteiger partial charge in [-0.2, -0.15) is 0 Å². The highest BCUT2D eigenvalue weighted by Crippen LogP contribution is 2.20. The van der Waals surface area contributed by atoms with E-state index in [0.29, 0.717) is 13.0 Å². The fraction of sp³-hybridized carbons (Fsp3) is 0.500. The zero-order valence-electron chi connectivity index (χ0n) is 11.4. The summed E-state index contributed by atoms with van der Waals surface area (Å²) < 4.78 is 1.01. The summed E-state index contributed by atoms with van der Waals surface area (Å²) in [5.41, 5.74) is 2.03. The van der Waals surface area contributed by atoms with E-state index in [2.05, 4.69) is 47.3 Å². The van der Waals surface area contributed by atoms with Gasteiger partial charge in [0, 0.05) is 28.7 Å². The third kappa shape index (κ3) is 5.65. The van der Waals surface area contributed by atoms with E-state index in [1.54, 1.807) is 0 Å². The minimum absolute atomic E-state index is 0.0301. The lowest BCUT2D eigenvalue weighted by Crippen LogP contribution is -2.37. The second-order valence-electron chi connectivity index (χ2n) is 5.44. The number of nitrogens with one attached hydrogen (secondary N) is 2. The van der Waals surface area contributed by atoms with Crippen molar-refractivity contribution in [3.8, 4) is 0 Å². The molecule has 0 saturated heterocycles. The van der Waals surface area contributed by atoms with Crippen LogP contribution in [0.25, 0.3) is 0 Å². The van der Waals surface area contributed by atoms with Crippen molar-refractivity contribution in [2.24, 2.45) is 0 Å². The monoisotopic (exact) mass is 312 g/mol. The van der Waals surface area contributed by atoms with Crippen molar-refractivity contribution in [2.45, 2.75) is 39.7 Å². The molecule has 0 spiro atoms. The topological polar surface area (TPSA) is 41.1 Å². The van der Waals surface area contributed by atoms with Crippen LogP contribution in [0.4, 0.5) is 5.69 Å². The number of hydrogen-bond donors (Lipinski definition) is 2. The summed E-state index contributed by atoms with van der Waals surface area (Å²) in [7, 11) is 0. The predicted molar refractivity (Wildman–Crippen MR) is 79.9 cm³/mol. The van der Waals surface area contributed by atoms with Gasteiger partial charge in [-0.1, -0.05) is 22.0 Å². The van der Waals surface area contributed by atoms with E-state index in [4.69, 9.17) is 0 Å². The number of rotatable bonds is 4. The van der Waals surface area contributed by atoms with E-state index < -0.39 is 0 Å². The van der Waals surface area contributed by atoms with Crippen LogP contribution in [0, 0.1) is 6.92 Å². The molecule has 18 heavy (non-hydrogen) atoms. The summed E-state index contributed by atoms with van der Waals surface area (Å²) in [6.45, 7) is 8.96. The van der Waals surface area contributed by atoms with Gasteiger partial charge in [0.05, 0.1) is 0 Å². The molecule has 0 radical (unpaired) electrons. The Morgan fingerprint density at radius 3 is 2.56 bits per heavy atom. The largest absolute Gasteiger partial charge is 0.326 e. The molecule has 1 aromatic rings. The Morgan fingerprint density at radius 1 is 1.33 bits per heavy atom. The quantitative estimate of drug-likeness (QED) is 0.893. The average Bonchev–Trinajstić information content (AvgIpc) is 2.21. The van der Waals surface area contributed by atoms with Gasteiger partial charge in [-0.05, 0) is 45.4 Å². The second kappa shape index (κ2) is 6.34. The van der Waals surface area contributed by atoms with Crippen LogP contribution in [0.15, 0.2) is 22.7 Å². The molecule has 0 aromatic heterocycles. The van der Waals surface area contributed by atoms with Crippen molar-refractivity contribution in [1.29, 1.82) is 0 Å². The molecule has 0 aliphatic carbocycles. The van der Waals surface area contributed by atoms with Gasteiger partial charge in [0.2, 0.25) is 5.91 Å². The molecule has 0 bridgehead atoms. The second-order valence-corrected chi connectivity index (χ2v) is 6.29. The maximum absolute atomic E-state index is 11.7. The zero-order chi connectivity index (χ0) is 13.8. The number of amides is 1. The molecule has 0 aliphatic rings. The van der Waals surface area contributed by atoms with E-state index >= 15 is 0 Å². The zero-order valence-corrected chi connectivity index (χ0v) is 13.0. The van der Waals surface area contributed by atoms with Crippen molar-refractivity contribution < 1.29 is 4.79 Å². The average molecular weight is 313 g/mol. The molecule has 0 saturated carbocycles. The van der Waals surface area contributed by atoms with Gasteiger partial charge in [0.25, 0.3) is 0 Å². The van der Waals surface area contributed by atoms with Crippen molar-refractivity contribution >= 4 is 27.5 Å². The highest BCUT2D eigenvalue weighted by molar-refractivity contribution is 9.10. The van der Waals surface area contributed by atoms with Crippen LogP contribution in [-0.2, 0) is 4.79 Å². The number of aryl methyl sites for hydroxylation is 1. The number of benzene rings is 1. The van der Waals surface area contributed by atoms with Gasteiger partial charge in [0.1, 0.15) is 0 Å². The molecular formula is C14H21BrN2O. The number of hydrogen-bond acceptors (Lipinski definition) is 2. The van der Waals surface area contributed by atoms with Crippen LogP contribution in [0.5, 0.6) is 0 Å². The van der Waals surface area contributed by atoms with E-state index in [0.717, 1.165) is 15.7 Å². The summed E-state index contributed by atoms with van der Waals surface area (Å²) in [6.07, 6.45) is 0.475. The Morgan fingerprint density at radius 2 is 2.00 bits per heavy atom. The number of carbonyl (C=O) groups excluding carboxylic acids is 1. The first kappa shape index (κ1) is 15.2. The van der Waals surface area contributed by atoms with E-state index in [1.807, 2.05) is 25.1 Å². The first-order valence-electron chi connectivity index (χ1n) is 6.09. The summed E-state index contributed by atoms with van der Waals surface area (Å²) >= 11 is 3.45. The lowest BCUT2D eigenvalue weighted by molar-refractivity contribution is -0.116. The fourth-order valence-corrected chi connectivity index (χ4v) is 1.82. The maximum atomic E-state index is 11.7. The Hall–Kier alpha value is -0.870. The summed E-state index contributed by atoms with van der Waals surface area (Å²) in [5.74, 6) is 0.0301. The Balaban J connectivity index is 2.42. The van der Waals surface area contributed by atoms with Crippen molar-refractivity contribution in [2.75, 3.05) is 11.9 Å².